The summed E-state index contributed by atoms with van der Waals surface area (Å²) >= 11 is 6.03. The van der Waals surface area contributed by atoms with E-state index < -0.39 is 5.92 Å². The molecule has 1 aromatic rings. The van der Waals surface area contributed by atoms with Gasteiger partial charge in [-0.05, 0) is 46.1 Å². The molecule has 7 heteroatoms. The molecule has 2 N–H and O–H groups in total. The minimum Gasteiger partial charge on any atom is -0.309 e. The third kappa shape index (κ3) is 5.67. The quantitative estimate of drug-likeness (QED) is 0.357. The molecule has 1 aromatic heterocycles. The van der Waals surface area contributed by atoms with Gasteiger partial charge >= 0.3 is 0 Å². The van der Waals surface area contributed by atoms with Crippen LogP contribution in [0.4, 0.5) is 5.82 Å². The van der Waals surface area contributed by atoms with Gasteiger partial charge in [0.25, 0.3) is 0 Å². The zero-order valence-electron chi connectivity index (χ0n) is 16.7. The largest absolute Gasteiger partial charge is 0.309 e. The molecule has 0 bridgehead atoms. The van der Waals surface area contributed by atoms with Gasteiger partial charge in [-0.3, -0.25) is 14.9 Å². The predicted molar refractivity (Wildman–Crippen MR) is 113 cm³/mol. The van der Waals surface area contributed by atoms with Crippen LogP contribution in [0.3, 0.4) is 0 Å². The predicted octanol–water partition coefficient (Wildman–Crippen LogP) is 5.21. The Morgan fingerprint density at radius 1 is 1.50 bits per heavy atom. The van der Waals surface area contributed by atoms with Crippen molar-refractivity contribution in [1.29, 1.82) is 5.26 Å². The van der Waals surface area contributed by atoms with Crippen LogP contribution in [-0.2, 0) is 4.79 Å². The number of nitrogens with zero attached hydrogens (tertiary/aromatic N) is 3. The molecule has 1 fully saturated rings. The number of rotatable bonds is 8. The van der Waals surface area contributed by atoms with Gasteiger partial charge in [0, 0.05) is 28.4 Å². The molecule has 1 heterocycles. The number of H-pyrrole nitrogens is 1. The maximum atomic E-state index is 12.7. The fraction of sp³-hybridized carbons (Fsp3) is 0.429. The molecule has 0 spiro atoms. The fourth-order valence-electron chi connectivity index (χ4n) is 2.67. The lowest BCUT2D eigenvalue weighted by molar-refractivity contribution is -0.118. The van der Waals surface area contributed by atoms with Crippen LogP contribution in [0.1, 0.15) is 58.6 Å². The zero-order valence-corrected chi connectivity index (χ0v) is 17.5. The van der Waals surface area contributed by atoms with E-state index in [1.165, 1.54) is 0 Å². The second-order valence-electron chi connectivity index (χ2n) is 6.66. The first-order valence-electron chi connectivity index (χ1n) is 9.47. The summed E-state index contributed by atoms with van der Waals surface area (Å²) < 4.78 is 0. The molecule has 1 aliphatic carbocycles. The van der Waals surface area contributed by atoms with E-state index in [1.807, 2.05) is 19.9 Å². The Balaban J connectivity index is 2.16. The lowest BCUT2D eigenvalue weighted by atomic mass is 10.0. The van der Waals surface area contributed by atoms with E-state index in [0.29, 0.717) is 40.2 Å². The van der Waals surface area contributed by atoms with Gasteiger partial charge in [0.2, 0.25) is 5.91 Å². The lowest BCUT2D eigenvalue weighted by Crippen LogP contribution is -2.22. The van der Waals surface area contributed by atoms with Gasteiger partial charge in [-0.15, -0.1) is 0 Å². The summed E-state index contributed by atoms with van der Waals surface area (Å²) in [5.41, 5.74) is 2.63. The molecule has 0 aliphatic heterocycles. The number of amides is 1. The number of carbonyl (C=O) groups excluding carboxylic acids is 1. The Kier molecular flexibility index (Phi) is 7.77. The minimum absolute atomic E-state index is 0.199. The zero-order chi connectivity index (χ0) is 20.7. The standard InChI is InChI=1S/C21H26ClN5O/c1-5-16(22)10-15(12-23)18(7-3)24-17(6-2)13(4)21(28)25-20-11-19(26-27-20)14-8-9-14/h5-6,10-11,13-14H,7-9H2,1-4H3,(H2,25,26,27,28)/b15-10-,16-5+,17-6-,24-18-. The first kappa shape index (κ1) is 21.6. The van der Waals surface area contributed by atoms with Gasteiger partial charge in [-0.25, -0.2) is 0 Å². The summed E-state index contributed by atoms with van der Waals surface area (Å²) in [7, 11) is 0. The lowest BCUT2D eigenvalue weighted by Gasteiger charge is -2.13. The molecule has 0 radical (unpaired) electrons. The maximum Gasteiger partial charge on any atom is 0.234 e. The fourth-order valence-corrected chi connectivity index (χ4v) is 2.78. The molecule has 0 saturated heterocycles. The number of nitriles is 1. The van der Waals surface area contributed by atoms with Crippen LogP contribution < -0.4 is 5.32 Å². The number of carbonyl (C=O) groups is 1. The van der Waals surface area contributed by atoms with Gasteiger partial charge < -0.3 is 5.32 Å². The SMILES string of the molecule is C\C=C(/N=C(CC)\C(C#N)=C/C(Cl)=C\C)C(C)C(=O)Nc1cc(C2CC2)[nH]n1. The molecule has 6 nitrogen and oxygen atoms in total. The van der Waals surface area contributed by atoms with E-state index in [1.54, 1.807) is 32.1 Å². The molecule has 1 aliphatic rings. The average Bonchev–Trinajstić information content (AvgIpc) is 3.46. The Hall–Kier alpha value is -2.65. The van der Waals surface area contributed by atoms with Crippen LogP contribution in [0.15, 0.2) is 45.6 Å². The number of hydrogen-bond acceptors (Lipinski definition) is 4. The number of allylic oxidation sites excluding steroid dienone is 5. The van der Waals surface area contributed by atoms with E-state index in [2.05, 4.69) is 26.6 Å². The maximum absolute atomic E-state index is 12.7. The van der Waals surface area contributed by atoms with Crippen LogP contribution in [0.2, 0.25) is 0 Å². The van der Waals surface area contributed by atoms with Crippen LogP contribution in [0.25, 0.3) is 0 Å². The Labute approximate surface area is 171 Å². The molecule has 2 rings (SSSR count). The van der Waals surface area contributed by atoms with Gasteiger partial charge in [0.05, 0.1) is 17.2 Å². The average molecular weight is 400 g/mol. The van der Waals surface area contributed by atoms with Crippen molar-refractivity contribution in [3.05, 3.63) is 46.3 Å². The summed E-state index contributed by atoms with van der Waals surface area (Å²) in [6.07, 6.45) is 7.95. The van der Waals surface area contributed by atoms with Crippen LogP contribution in [-0.4, -0.2) is 21.8 Å². The van der Waals surface area contributed by atoms with Crippen molar-refractivity contribution in [2.24, 2.45) is 10.9 Å². The van der Waals surface area contributed by atoms with Crippen molar-refractivity contribution in [3.8, 4) is 6.07 Å². The molecular weight excluding hydrogens is 374 g/mol. The van der Waals surface area contributed by atoms with E-state index in [-0.39, 0.29) is 5.91 Å². The monoisotopic (exact) mass is 399 g/mol. The summed E-state index contributed by atoms with van der Waals surface area (Å²) in [4.78, 5) is 17.2. The highest BCUT2D eigenvalue weighted by Gasteiger charge is 2.26. The smallest absolute Gasteiger partial charge is 0.234 e. The third-order valence-electron chi connectivity index (χ3n) is 4.59. The Morgan fingerprint density at radius 3 is 2.75 bits per heavy atom. The number of anilines is 1. The van der Waals surface area contributed by atoms with Crippen molar-refractivity contribution < 1.29 is 4.79 Å². The van der Waals surface area contributed by atoms with Gasteiger partial charge in [-0.2, -0.15) is 10.4 Å². The van der Waals surface area contributed by atoms with Crippen LogP contribution in [0, 0.1) is 17.2 Å². The molecule has 1 amide bonds. The second-order valence-corrected chi connectivity index (χ2v) is 7.10. The van der Waals surface area contributed by atoms with Crippen molar-refractivity contribution in [2.45, 2.75) is 52.9 Å². The third-order valence-corrected chi connectivity index (χ3v) is 4.91. The van der Waals surface area contributed by atoms with Gasteiger partial charge in [0.1, 0.15) is 6.07 Å². The highest BCUT2D eigenvalue weighted by atomic mass is 35.5. The molecular formula is C21H26ClN5O. The second kappa shape index (κ2) is 10.0. The summed E-state index contributed by atoms with van der Waals surface area (Å²) in [6.45, 7) is 7.31. The molecule has 28 heavy (non-hydrogen) atoms. The summed E-state index contributed by atoms with van der Waals surface area (Å²) in [5, 5.41) is 19.9. The summed E-state index contributed by atoms with van der Waals surface area (Å²) in [5.74, 6) is 0.366. The number of halogens is 1. The van der Waals surface area contributed by atoms with E-state index >= 15 is 0 Å². The van der Waals surface area contributed by atoms with Crippen LogP contribution >= 0.6 is 11.6 Å². The highest BCUT2D eigenvalue weighted by Crippen LogP contribution is 2.39. The van der Waals surface area contributed by atoms with E-state index in [0.717, 1.165) is 18.5 Å². The van der Waals surface area contributed by atoms with Gasteiger partial charge in [0.15, 0.2) is 5.82 Å². The topological polar surface area (TPSA) is 93.9 Å². The summed E-state index contributed by atoms with van der Waals surface area (Å²) in [6, 6.07) is 4.02. The van der Waals surface area contributed by atoms with E-state index in [4.69, 9.17) is 11.6 Å². The molecule has 1 unspecified atom stereocenters. The molecule has 0 aromatic carbocycles. The van der Waals surface area contributed by atoms with Crippen molar-refractivity contribution >= 4 is 29.0 Å². The number of nitrogens with one attached hydrogen (secondary N) is 2. The number of aliphatic imine (C=N–C) groups is 1. The normalized spacial score (nSPS) is 17.3. The van der Waals surface area contributed by atoms with Crippen LogP contribution in [0.5, 0.6) is 0 Å². The van der Waals surface area contributed by atoms with Crippen molar-refractivity contribution in [1.82, 2.24) is 10.2 Å². The Morgan fingerprint density at radius 2 is 2.21 bits per heavy atom. The molecule has 1 saturated carbocycles. The van der Waals surface area contributed by atoms with Crippen molar-refractivity contribution in [3.63, 3.8) is 0 Å². The minimum atomic E-state index is -0.496. The van der Waals surface area contributed by atoms with Gasteiger partial charge in [-0.1, -0.05) is 30.7 Å². The number of aromatic nitrogens is 2. The highest BCUT2D eigenvalue weighted by molar-refractivity contribution is 6.31. The number of aromatic amines is 1. The first-order chi connectivity index (χ1) is 13.4. The Bertz CT molecular complexity index is 881. The van der Waals surface area contributed by atoms with E-state index in [9.17, 15) is 10.1 Å². The molecule has 148 valence electrons. The molecule has 1 atom stereocenters. The first-order valence-corrected chi connectivity index (χ1v) is 9.85. The number of hydrogen-bond donors (Lipinski definition) is 2. The van der Waals surface area contributed by atoms with Crippen molar-refractivity contribution in [2.75, 3.05) is 5.32 Å².